The standard InChI is InChI=1S/C17H15FN4O4/c1-11(12-4-3-7-15(9-12)22(25)26)20-21-16(23)10-19-17(24)13-5-2-6-14(18)8-13/h2-9H,10H2,1H3,(H,19,24)(H,21,23). The third-order valence-corrected chi connectivity index (χ3v) is 3.32. The Balaban J connectivity index is 1.91. The highest BCUT2D eigenvalue weighted by atomic mass is 19.1. The van der Waals surface area contributed by atoms with Crippen molar-refractivity contribution in [3.63, 3.8) is 0 Å². The molecule has 2 aromatic rings. The highest BCUT2D eigenvalue weighted by molar-refractivity contribution is 6.00. The van der Waals surface area contributed by atoms with Gasteiger partial charge in [-0.15, -0.1) is 0 Å². The minimum atomic E-state index is -0.598. The molecule has 0 radical (unpaired) electrons. The number of nitro benzene ring substituents is 1. The molecule has 0 aliphatic rings. The predicted molar refractivity (Wildman–Crippen MR) is 92.2 cm³/mol. The van der Waals surface area contributed by atoms with Crippen LogP contribution < -0.4 is 10.7 Å². The van der Waals surface area contributed by atoms with Gasteiger partial charge in [-0.1, -0.05) is 18.2 Å². The topological polar surface area (TPSA) is 114 Å². The summed E-state index contributed by atoms with van der Waals surface area (Å²) < 4.78 is 13.1. The molecular weight excluding hydrogens is 343 g/mol. The van der Waals surface area contributed by atoms with Gasteiger partial charge in [-0.2, -0.15) is 5.10 Å². The summed E-state index contributed by atoms with van der Waals surface area (Å²) in [5, 5.41) is 16.9. The number of benzene rings is 2. The number of hydrazone groups is 1. The Morgan fingerprint density at radius 2 is 1.85 bits per heavy atom. The molecule has 0 unspecified atom stereocenters. The van der Waals surface area contributed by atoms with E-state index in [1.807, 2.05) is 0 Å². The monoisotopic (exact) mass is 358 g/mol. The van der Waals surface area contributed by atoms with Crippen LogP contribution in [0, 0.1) is 15.9 Å². The molecule has 0 fully saturated rings. The average Bonchev–Trinajstić information content (AvgIpc) is 2.64. The van der Waals surface area contributed by atoms with Gasteiger partial charge in [-0.3, -0.25) is 19.7 Å². The maximum atomic E-state index is 13.1. The molecule has 2 amide bonds. The van der Waals surface area contributed by atoms with E-state index in [4.69, 9.17) is 0 Å². The molecule has 0 saturated heterocycles. The first-order valence-corrected chi connectivity index (χ1v) is 7.48. The number of nitrogens with one attached hydrogen (secondary N) is 2. The lowest BCUT2D eigenvalue weighted by Gasteiger charge is -2.05. The van der Waals surface area contributed by atoms with Crippen molar-refractivity contribution in [3.05, 3.63) is 75.6 Å². The molecule has 8 nitrogen and oxygen atoms in total. The molecule has 134 valence electrons. The van der Waals surface area contributed by atoms with Crippen LogP contribution in [0.5, 0.6) is 0 Å². The largest absolute Gasteiger partial charge is 0.343 e. The van der Waals surface area contributed by atoms with Crippen LogP contribution in [0.15, 0.2) is 53.6 Å². The number of nitrogens with zero attached hydrogens (tertiary/aromatic N) is 2. The third-order valence-electron chi connectivity index (χ3n) is 3.32. The first kappa shape index (κ1) is 18.7. The van der Waals surface area contributed by atoms with Crippen molar-refractivity contribution in [1.82, 2.24) is 10.7 Å². The number of carbonyl (C=O) groups excluding carboxylic acids is 2. The fourth-order valence-corrected chi connectivity index (χ4v) is 1.99. The molecule has 0 aromatic heterocycles. The molecule has 0 bridgehead atoms. The van der Waals surface area contributed by atoms with Crippen LogP contribution >= 0.6 is 0 Å². The number of amides is 2. The Labute approximate surface area is 147 Å². The molecule has 2 N–H and O–H groups in total. The van der Waals surface area contributed by atoms with Crippen molar-refractivity contribution in [2.24, 2.45) is 5.10 Å². The fourth-order valence-electron chi connectivity index (χ4n) is 1.99. The zero-order chi connectivity index (χ0) is 19.1. The number of carbonyl (C=O) groups is 2. The van der Waals surface area contributed by atoms with Crippen molar-refractivity contribution in [1.29, 1.82) is 0 Å². The van der Waals surface area contributed by atoms with Crippen LogP contribution in [-0.4, -0.2) is 29.0 Å². The van der Waals surface area contributed by atoms with Gasteiger partial charge in [0, 0.05) is 23.3 Å². The van der Waals surface area contributed by atoms with Gasteiger partial charge in [-0.25, -0.2) is 9.82 Å². The molecule has 0 atom stereocenters. The summed E-state index contributed by atoms with van der Waals surface area (Å²) in [5.74, 6) is -1.75. The number of hydrogen-bond donors (Lipinski definition) is 2. The lowest BCUT2D eigenvalue weighted by atomic mass is 10.1. The minimum absolute atomic E-state index is 0.0917. The van der Waals surface area contributed by atoms with Crippen LogP contribution in [0.2, 0.25) is 0 Å². The Kier molecular flexibility index (Phi) is 6.10. The third kappa shape index (κ3) is 5.20. The normalized spacial score (nSPS) is 10.9. The van der Waals surface area contributed by atoms with Crippen molar-refractivity contribution in [2.75, 3.05) is 6.54 Å². The number of rotatable bonds is 6. The van der Waals surface area contributed by atoms with E-state index in [9.17, 15) is 24.1 Å². The molecule has 0 aliphatic carbocycles. The summed E-state index contributed by atoms with van der Waals surface area (Å²) in [5.41, 5.74) is 3.07. The van der Waals surface area contributed by atoms with Gasteiger partial charge in [0.1, 0.15) is 5.82 Å². The summed E-state index contributed by atoms with van der Waals surface area (Å²) in [6.45, 7) is 1.21. The molecule has 2 rings (SSSR count). The van der Waals surface area contributed by atoms with E-state index < -0.39 is 22.6 Å². The maximum absolute atomic E-state index is 13.1. The second kappa shape index (κ2) is 8.47. The highest BCUT2D eigenvalue weighted by Crippen LogP contribution is 2.13. The van der Waals surface area contributed by atoms with Gasteiger partial charge in [0.2, 0.25) is 0 Å². The van der Waals surface area contributed by atoms with E-state index >= 15 is 0 Å². The first-order chi connectivity index (χ1) is 12.4. The van der Waals surface area contributed by atoms with Crippen molar-refractivity contribution in [2.45, 2.75) is 6.92 Å². The second-order valence-corrected chi connectivity index (χ2v) is 5.23. The van der Waals surface area contributed by atoms with Crippen LogP contribution in [0.3, 0.4) is 0 Å². The van der Waals surface area contributed by atoms with Crippen LogP contribution in [0.25, 0.3) is 0 Å². The SMILES string of the molecule is CC(=NNC(=O)CNC(=O)c1cccc(F)c1)c1cccc([N+](=O)[O-])c1. The summed E-state index contributed by atoms with van der Waals surface area (Å²) in [4.78, 5) is 33.8. The molecule has 2 aromatic carbocycles. The summed E-state index contributed by atoms with van der Waals surface area (Å²) >= 11 is 0. The molecular formula is C17H15FN4O4. The van der Waals surface area contributed by atoms with Crippen molar-refractivity contribution >= 4 is 23.2 Å². The van der Waals surface area contributed by atoms with Gasteiger partial charge in [-0.05, 0) is 25.1 Å². The Morgan fingerprint density at radius 3 is 2.54 bits per heavy atom. The zero-order valence-electron chi connectivity index (χ0n) is 13.7. The van der Waals surface area contributed by atoms with E-state index in [2.05, 4.69) is 15.8 Å². The number of nitro groups is 1. The van der Waals surface area contributed by atoms with Gasteiger partial charge in [0.25, 0.3) is 17.5 Å². The Morgan fingerprint density at radius 1 is 1.15 bits per heavy atom. The van der Waals surface area contributed by atoms with Crippen LogP contribution in [-0.2, 0) is 4.79 Å². The number of hydrogen-bond acceptors (Lipinski definition) is 5. The Bertz CT molecular complexity index is 883. The summed E-state index contributed by atoms with van der Waals surface area (Å²) in [6.07, 6.45) is 0. The van der Waals surface area contributed by atoms with E-state index in [0.717, 1.165) is 6.07 Å². The molecule has 0 heterocycles. The summed E-state index contributed by atoms with van der Waals surface area (Å²) in [7, 11) is 0. The van der Waals surface area contributed by atoms with Crippen LogP contribution in [0.1, 0.15) is 22.8 Å². The minimum Gasteiger partial charge on any atom is -0.343 e. The smallest absolute Gasteiger partial charge is 0.270 e. The van der Waals surface area contributed by atoms with Gasteiger partial charge in [0.15, 0.2) is 0 Å². The first-order valence-electron chi connectivity index (χ1n) is 7.48. The van der Waals surface area contributed by atoms with Gasteiger partial charge >= 0.3 is 0 Å². The molecule has 0 aliphatic heterocycles. The Hall–Kier alpha value is -3.62. The van der Waals surface area contributed by atoms with Gasteiger partial charge < -0.3 is 5.32 Å². The van der Waals surface area contributed by atoms with E-state index in [0.29, 0.717) is 11.3 Å². The fraction of sp³-hybridized carbons (Fsp3) is 0.118. The highest BCUT2D eigenvalue weighted by Gasteiger charge is 2.10. The molecule has 0 saturated carbocycles. The maximum Gasteiger partial charge on any atom is 0.270 e. The van der Waals surface area contributed by atoms with E-state index in [-0.39, 0.29) is 17.8 Å². The van der Waals surface area contributed by atoms with E-state index in [1.165, 1.54) is 36.4 Å². The van der Waals surface area contributed by atoms with E-state index in [1.54, 1.807) is 13.0 Å². The second-order valence-electron chi connectivity index (χ2n) is 5.23. The zero-order valence-corrected chi connectivity index (χ0v) is 13.7. The number of halogens is 1. The van der Waals surface area contributed by atoms with Crippen LogP contribution in [0.4, 0.5) is 10.1 Å². The molecule has 0 spiro atoms. The van der Waals surface area contributed by atoms with Crippen molar-refractivity contribution in [3.8, 4) is 0 Å². The lowest BCUT2D eigenvalue weighted by Crippen LogP contribution is -2.35. The quantitative estimate of drug-likeness (QED) is 0.467. The number of non-ortho nitro benzene ring substituents is 1. The molecule has 26 heavy (non-hydrogen) atoms. The lowest BCUT2D eigenvalue weighted by molar-refractivity contribution is -0.384. The summed E-state index contributed by atoms with van der Waals surface area (Å²) in [6, 6.07) is 10.9. The average molecular weight is 358 g/mol. The van der Waals surface area contributed by atoms with Gasteiger partial charge in [0.05, 0.1) is 17.2 Å². The van der Waals surface area contributed by atoms with Crippen molar-refractivity contribution < 1.29 is 18.9 Å². The molecule has 9 heteroatoms. The predicted octanol–water partition coefficient (Wildman–Crippen LogP) is 2.00.